The molecule has 2 rings (SSSR count). The third-order valence-electron chi connectivity index (χ3n) is 3.43. The molecule has 1 aromatic carbocycles. The second kappa shape index (κ2) is 8.12. The molecule has 1 heterocycles. The van der Waals surface area contributed by atoms with Crippen LogP contribution in [-0.2, 0) is 14.3 Å². The van der Waals surface area contributed by atoms with Crippen LogP contribution in [0.5, 0.6) is 0 Å². The zero-order valence-corrected chi connectivity index (χ0v) is 12.8. The van der Waals surface area contributed by atoms with E-state index in [1.54, 1.807) is 24.3 Å². The van der Waals surface area contributed by atoms with Crippen LogP contribution in [0, 0.1) is 0 Å². The number of benzene rings is 1. The molecule has 1 saturated heterocycles. The number of anilines is 1. The minimum Gasteiger partial charge on any atom is -0.480 e. The Labute approximate surface area is 133 Å². The lowest BCUT2D eigenvalue weighted by atomic mass is 10.1. The summed E-state index contributed by atoms with van der Waals surface area (Å²) in [6.07, 6.45) is 1.78. The van der Waals surface area contributed by atoms with Crippen LogP contribution in [0.1, 0.15) is 19.3 Å². The van der Waals surface area contributed by atoms with E-state index in [1.165, 1.54) is 0 Å². The maximum atomic E-state index is 11.9. The molecule has 1 fully saturated rings. The first-order valence-electron chi connectivity index (χ1n) is 7.18. The number of nitrogens with one attached hydrogen (secondary N) is 2. The number of ether oxygens (including phenoxy) is 1. The summed E-state index contributed by atoms with van der Waals surface area (Å²) in [5.74, 6) is -1.42. The van der Waals surface area contributed by atoms with Gasteiger partial charge < -0.3 is 20.5 Å². The minimum absolute atomic E-state index is 0.0289. The Morgan fingerprint density at radius 2 is 2.09 bits per heavy atom. The van der Waals surface area contributed by atoms with E-state index in [1.807, 2.05) is 0 Å². The van der Waals surface area contributed by atoms with Crippen LogP contribution in [0.25, 0.3) is 0 Å². The number of carbonyl (C=O) groups is 2. The summed E-state index contributed by atoms with van der Waals surface area (Å²) < 4.78 is 5.43. The molecule has 0 aliphatic carbocycles. The molecule has 22 heavy (non-hydrogen) atoms. The molecule has 0 aromatic heterocycles. The molecule has 1 amide bonds. The number of rotatable bonds is 7. The molecule has 7 heteroatoms. The molecule has 1 aliphatic rings. The third-order valence-corrected chi connectivity index (χ3v) is 3.68. The van der Waals surface area contributed by atoms with E-state index < -0.39 is 12.0 Å². The molecule has 0 spiro atoms. The Kier molecular flexibility index (Phi) is 6.18. The van der Waals surface area contributed by atoms with Gasteiger partial charge in [0.15, 0.2) is 0 Å². The van der Waals surface area contributed by atoms with Crippen LogP contribution < -0.4 is 10.6 Å². The van der Waals surface area contributed by atoms with Gasteiger partial charge in [-0.05, 0) is 37.1 Å². The van der Waals surface area contributed by atoms with E-state index in [2.05, 4.69) is 10.6 Å². The van der Waals surface area contributed by atoms with Gasteiger partial charge in [0, 0.05) is 23.9 Å². The molecule has 2 unspecified atom stereocenters. The molecule has 0 bridgehead atoms. The number of amides is 1. The highest BCUT2D eigenvalue weighted by Gasteiger charge is 2.23. The van der Waals surface area contributed by atoms with E-state index in [-0.39, 0.29) is 18.4 Å². The molecular weight excluding hydrogens is 308 g/mol. The summed E-state index contributed by atoms with van der Waals surface area (Å²) >= 11 is 5.77. The van der Waals surface area contributed by atoms with E-state index in [0.29, 0.717) is 23.9 Å². The summed E-state index contributed by atoms with van der Waals surface area (Å²) in [5, 5.41) is 15.3. The zero-order chi connectivity index (χ0) is 15.9. The van der Waals surface area contributed by atoms with Crippen molar-refractivity contribution < 1.29 is 19.4 Å². The van der Waals surface area contributed by atoms with E-state index in [4.69, 9.17) is 16.3 Å². The molecule has 2 atom stereocenters. The maximum absolute atomic E-state index is 11.9. The summed E-state index contributed by atoms with van der Waals surface area (Å²) in [6.45, 7) is 1.15. The van der Waals surface area contributed by atoms with Gasteiger partial charge in [0.05, 0.1) is 12.5 Å². The number of halogens is 1. The van der Waals surface area contributed by atoms with Crippen molar-refractivity contribution in [2.45, 2.75) is 31.4 Å². The summed E-state index contributed by atoms with van der Waals surface area (Å²) in [5.41, 5.74) is 0.581. The highest BCUT2D eigenvalue weighted by atomic mass is 35.5. The standard InChI is InChI=1S/C15H19ClN2O4/c16-10-3-5-11(6-4-10)18-14(19)8-13(15(20)21)17-9-12-2-1-7-22-12/h3-6,12-13,17H,1-2,7-9H2,(H,18,19)(H,20,21). The van der Waals surface area contributed by atoms with Gasteiger partial charge in [-0.2, -0.15) is 0 Å². The molecule has 120 valence electrons. The van der Waals surface area contributed by atoms with Gasteiger partial charge in [-0.3, -0.25) is 9.59 Å². The lowest BCUT2D eigenvalue weighted by molar-refractivity contribution is -0.141. The average molecular weight is 327 g/mol. The van der Waals surface area contributed by atoms with Gasteiger partial charge in [0.25, 0.3) is 0 Å². The van der Waals surface area contributed by atoms with Crippen molar-refractivity contribution in [2.24, 2.45) is 0 Å². The third kappa shape index (κ3) is 5.29. The van der Waals surface area contributed by atoms with Gasteiger partial charge in [-0.15, -0.1) is 0 Å². The van der Waals surface area contributed by atoms with E-state index in [0.717, 1.165) is 12.8 Å². The molecule has 3 N–H and O–H groups in total. The first kappa shape index (κ1) is 16.7. The van der Waals surface area contributed by atoms with Gasteiger partial charge in [0.1, 0.15) is 6.04 Å². The lowest BCUT2D eigenvalue weighted by Crippen LogP contribution is -2.43. The van der Waals surface area contributed by atoms with E-state index in [9.17, 15) is 14.7 Å². The predicted octanol–water partition coefficient (Wildman–Crippen LogP) is 1.89. The van der Waals surface area contributed by atoms with Gasteiger partial charge in [-0.25, -0.2) is 0 Å². The van der Waals surface area contributed by atoms with Crippen molar-refractivity contribution in [3.8, 4) is 0 Å². The molecule has 1 aromatic rings. The average Bonchev–Trinajstić information content (AvgIpc) is 2.99. The maximum Gasteiger partial charge on any atom is 0.321 e. The van der Waals surface area contributed by atoms with Gasteiger partial charge >= 0.3 is 5.97 Å². The van der Waals surface area contributed by atoms with E-state index >= 15 is 0 Å². The fraction of sp³-hybridized carbons (Fsp3) is 0.467. The molecule has 6 nitrogen and oxygen atoms in total. The SMILES string of the molecule is O=C(CC(NCC1CCCO1)C(=O)O)Nc1ccc(Cl)cc1. The van der Waals surface area contributed by atoms with Crippen LogP contribution >= 0.6 is 11.6 Å². The number of hydrogen-bond acceptors (Lipinski definition) is 4. The molecule has 0 radical (unpaired) electrons. The smallest absolute Gasteiger partial charge is 0.321 e. The highest BCUT2D eigenvalue weighted by molar-refractivity contribution is 6.30. The Morgan fingerprint density at radius 1 is 1.36 bits per heavy atom. The van der Waals surface area contributed by atoms with Crippen molar-refractivity contribution in [1.29, 1.82) is 0 Å². The Bertz CT molecular complexity index is 515. The van der Waals surface area contributed by atoms with Crippen molar-refractivity contribution in [3.05, 3.63) is 29.3 Å². The fourth-order valence-corrected chi connectivity index (χ4v) is 2.38. The molecule has 0 saturated carbocycles. The van der Waals surface area contributed by atoms with Crippen molar-refractivity contribution in [2.75, 3.05) is 18.5 Å². The first-order chi connectivity index (χ1) is 10.5. The Balaban J connectivity index is 1.82. The Hall–Kier alpha value is -1.63. The van der Waals surface area contributed by atoms with Crippen LogP contribution in [0.3, 0.4) is 0 Å². The van der Waals surface area contributed by atoms with Crippen LogP contribution in [0.15, 0.2) is 24.3 Å². The van der Waals surface area contributed by atoms with Crippen LogP contribution in [0.2, 0.25) is 5.02 Å². The summed E-state index contributed by atoms with van der Waals surface area (Å²) in [6, 6.07) is 5.70. The monoisotopic (exact) mass is 326 g/mol. The topological polar surface area (TPSA) is 87.7 Å². The summed E-state index contributed by atoms with van der Waals surface area (Å²) in [4.78, 5) is 23.2. The quantitative estimate of drug-likeness (QED) is 0.712. The highest BCUT2D eigenvalue weighted by Crippen LogP contribution is 2.14. The second-order valence-corrected chi connectivity index (χ2v) is 5.63. The van der Waals surface area contributed by atoms with Crippen molar-refractivity contribution >= 4 is 29.2 Å². The minimum atomic E-state index is -1.05. The molecule has 1 aliphatic heterocycles. The van der Waals surface area contributed by atoms with Gasteiger partial charge in [-0.1, -0.05) is 11.6 Å². The number of carbonyl (C=O) groups excluding carboxylic acids is 1. The number of hydrogen-bond donors (Lipinski definition) is 3. The van der Waals surface area contributed by atoms with Crippen molar-refractivity contribution in [3.63, 3.8) is 0 Å². The second-order valence-electron chi connectivity index (χ2n) is 5.19. The number of carboxylic acid groups (broad SMARTS) is 1. The molecular formula is C15H19ClN2O4. The number of aliphatic carboxylic acids is 1. The largest absolute Gasteiger partial charge is 0.480 e. The summed E-state index contributed by atoms with van der Waals surface area (Å²) in [7, 11) is 0. The first-order valence-corrected chi connectivity index (χ1v) is 7.55. The zero-order valence-electron chi connectivity index (χ0n) is 12.0. The normalized spacial score (nSPS) is 18.9. The predicted molar refractivity (Wildman–Crippen MR) is 83.1 cm³/mol. The van der Waals surface area contributed by atoms with Crippen molar-refractivity contribution in [1.82, 2.24) is 5.32 Å². The Morgan fingerprint density at radius 3 is 2.68 bits per heavy atom. The number of carboxylic acids is 1. The van der Waals surface area contributed by atoms with Gasteiger partial charge in [0.2, 0.25) is 5.91 Å². The van der Waals surface area contributed by atoms with Crippen LogP contribution in [0.4, 0.5) is 5.69 Å². The van der Waals surface area contributed by atoms with Crippen LogP contribution in [-0.4, -0.2) is 42.3 Å². The lowest BCUT2D eigenvalue weighted by Gasteiger charge is -2.17. The fourth-order valence-electron chi connectivity index (χ4n) is 2.26.